The predicted molar refractivity (Wildman–Crippen MR) is 80.5 cm³/mol. The molecule has 2 saturated heterocycles. The maximum Gasteiger partial charge on any atom is 0.0565 e. The van der Waals surface area contributed by atoms with Crippen LogP contribution in [0.15, 0.2) is 0 Å². The lowest BCUT2D eigenvalue weighted by Gasteiger charge is -2.43. The summed E-state index contributed by atoms with van der Waals surface area (Å²) < 4.78 is 5.90. The van der Waals surface area contributed by atoms with Gasteiger partial charge in [0.1, 0.15) is 0 Å². The molecule has 3 nitrogen and oxygen atoms in total. The van der Waals surface area contributed by atoms with Gasteiger partial charge in [-0.05, 0) is 72.4 Å². The zero-order valence-electron chi connectivity index (χ0n) is 13.2. The van der Waals surface area contributed by atoms with Gasteiger partial charge in [-0.1, -0.05) is 0 Å². The standard InChI is InChI=1S/C16H32N2O/c1-12(2)18(11-15-5-7-17-8-6-15)16-9-13(3)19-14(4)10-16/h12-17H,5-11H2,1-4H3. The van der Waals surface area contributed by atoms with E-state index in [1.54, 1.807) is 0 Å². The molecule has 2 unspecified atom stereocenters. The summed E-state index contributed by atoms with van der Waals surface area (Å²) >= 11 is 0. The van der Waals surface area contributed by atoms with Crippen LogP contribution in [0.4, 0.5) is 0 Å². The van der Waals surface area contributed by atoms with Gasteiger partial charge in [0.15, 0.2) is 0 Å². The highest BCUT2D eigenvalue weighted by Gasteiger charge is 2.31. The number of rotatable bonds is 4. The van der Waals surface area contributed by atoms with Crippen LogP contribution in [0.1, 0.15) is 53.4 Å². The van der Waals surface area contributed by atoms with Gasteiger partial charge in [-0.3, -0.25) is 4.90 Å². The zero-order valence-corrected chi connectivity index (χ0v) is 13.2. The molecule has 0 aromatic heterocycles. The Hall–Kier alpha value is -0.120. The molecular formula is C16H32N2O. The van der Waals surface area contributed by atoms with Crippen LogP contribution in [0, 0.1) is 5.92 Å². The van der Waals surface area contributed by atoms with E-state index in [9.17, 15) is 0 Å². The lowest BCUT2D eigenvalue weighted by Crippen LogP contribution is -2.49. The monoisotopic (exact) mass is 268 g/mol. The number of nitrogens with one attached hydrogen (secondary N) is 1. The minimum Gasteiger partial charge on any atom is -0.375 e. The van der Waals surface area contributed by atoms with E-state index in [4.69, 9.17) is 4.74 Å². The Balaban J connectivity index is 1.94. The summed E-state index contributed by atoms with van der Waals surface area (Å²) in [6.45, 7) is 12.9. The van der Waals surface area contributed by atoms with Crippen molar-refractivity contribution < 1.29 is 4.74 Å². The first-order valence-electron chi connectivity index (χ1n) is 8.18. The second-order valence-electron chi connectivity index (χ2n) is 6.87. The molecule has 2 aliphatic rings. The average molecular weight is 268 g/mol. The van der Waals surface area contributed by atoms with Gasteiger partial charge < -0.3 is 10.1 Å². The Labute approximate surface area is 119 Å². The number of ether oxygens (including phenoxy) is 1. The Morgan fingerprint density at radius 2 is 1.68 bits per heavy atom. The maximum atomic E-state index is 5.90. The van der Waals surface area contributed by atoms with E-state index in [-0.39, 0.29) is 0 Å². The van der Waals surface area contributed by atoms with Gasteiger partial charge in [0, 0.05) is 18.6 Å². The average Bonchev–Trinajstić information content (AvgIpc) is 2.35. The van der Waals surface area contributed by atoms with E-state index in [1.165, 1.54) is 45.3 Å². The summed E-state index contributed by atoms with van der Waals surface area (Å²) in [5.74, 6) is 0.886. The lowest BCUT2D eigenvalue weighted by molar-refractivity contribution is -0.0730. The van der Waals surface area contributed by atoms with Crippen molar-refractivity contribution in [2.75, 3.05) is 19.6 Å². The van der Waals surface area contributed by atoms with E-state index in [2.05, 4.69) is 37.9 Å². The minimum atomic E-state index is 0.419. The molecule has 19 heavy (non-hydrogen) atoms. The largest absolute Gasteiger partial charge is 0.375 e. The van der Waals surface area contributed by atoms with Gasteiger partial charge in [0.05, 0.1) is 12.2 Å². The van der Waals surface area contributed by atoms with Crippen molar-refractivity contribution in [3.8, 4) is 0 Å². The number of hydrogen-bond donors (Lipinski definition) is 1. The SMILES string of the molecule is CC1CC(N(CC2CCNCC2)C(C)C)CC(C)O1. The fourth-order valence-electron chi connectivity index (χ4n) is 3.78. The molecule has 0 amide bonds. The molecule has 0 bridgehead atoms. The molecule has 2 fully saturated rings. The Bertz CT molecular complexity index is 253. The van der Waals surface area contributed by atoms with Gasteiger partial charge in [-0.25, -0.2) is 0 Å². The van der Waals surface area contributed by atoms with Gasteiger partial charge in [-0.15, -0.1) is 0 Å². The molecular weight excluding hydrogens is 236 g/mol. The molecule has 0 aromatic carbocycles. The van der Waals surface area contributed by atoms with Crippen molar-refractivity contribution in [3.63, 3.8) is 0 Å². The predicted octanol–water partition coefficient (Wildman–Crippen LogP) is 2.65. The first-order valence-corrected chi connectivity index (χ1v) is 8.18. The summed E-state index contributed by atoms with van der Waals surface area (Å²) in [5, 5.41) is 3.47. The molecule has 0 aliphatic carbocycles. The molecule has 2 aliphatic heterocycles. The van der Waals surface area contributed by atoms with E-state index < -0.39 is 0 Å². The molecule has 2 atom stereocenters. The summed E-state index contributed by atoms with van der Waals surface area (Å²) in [6, 6.07) is 1.37. The fourth-order valence-corrected chi connectivity index (χ4v) is 3.78. The van der Waals surface area contributed by atoms with E-state index in [0.717, 1.165) is 5.92 Å². The first-order chi connectivity index (χ1) is 9.06. The highest BCUT2D eigenvalue weighted by atomic mass is 16.5. The third kappa shape index (κ3) is 4.44. The second kappa shape index (κ2) is 7.05. The van der Waals surface area contributed by atoms with Crippen LogP contribution in [0.25, 0.3) is 0 Å². The normalized spacial score (nSPS) is 34.1. The number of hydrogen-bond acceptors (Lipinski definition) is 3. The molecule has 3 heteroatoms. The van der Waals surface area contributed by atoms with E-state index in [1.807, 2.05) is 0 Å². The third-order valence-electron chi connectivity index (χ3n) is 4.73. The maximum absolute atomic E-state index is 5.90. The summed E-state index contributed by atoms with van der Waals surface area (Å²) in [7, 11) is 0. The van der Waals surface area contributed by atoms with Gasteiger partial charge in [-0.2, -0.15) is 0 Å². The Morgan fingerprint density at radius 3 is 2.21 bits per heavy atom. The highest BCUT2D eigenvalue weighted by molar-refractivity contribution is 4.85. The van der Waals surface area contributed by atoms with Gasteiger partial charge >= 0.3 is 0 Å². The third-order valence-corrected chi connectivity index (χ3v) is 4.73. The quantitative estimate of drug-likeness (QED) is 0.848. The van der Waals surface area contributed by atoms with Gasteiger partial charge in [0.2, 0.25) is 0 Å². The van der Waals surface area contributed by atoms with Crippen LogP contribution in [0.2, 0.25) is 0 Å². The smallest absolute Gasteiger partial charge is 0.0565 e. The van der Waals surface area contributed by atoms with Crippen LogP contribution in [-0.2, 0) is 4.74 Å². The van der Waals surface area contributed by atoms with Gasteiger partial charge in [0.25, 0.3) is 0 Å². The number of piperidine rings is 1. The van der Waals surface area contributed by atoms with Crippen LogP contribution < -0.4 is 5.32 Å². The molecule has 0 saturated carbocycles. The number of nitrogens with zero attached hydrogens (tertiary/aromatic N) is 1. The lowest BCUT2D eigenvalue weighted by atomic mass is 9.92. The molecule has 112 valence electrons. The molecule has 2 heterocycles. The molecule has 1 N–H and O–H groups in total. The fraction of sp³-hybridized carbons (Fsp3) is 1.00. The van der Waals surface area contributed by atoms with Crippen LogP contribution in [0.5, 0.6) is 0 Å². The van der Waals surface area contributed by atoms with Crippen LogP contribution in [-0.4, -0.2) is 48.8 Å². The van der Waals surface area contributed by atoms with Crippen LogP contribution >= 0.6 is 0 Å². The molecule has 0 radical (unpaired) electrons. The van der Waals surface area contributed by atoms with Crippen LogP contribution in [0.3, 0.4) is 0 Å². The summed E-state index contributed by atoms with van der Waals surface area (Å²) in [4.78, 5) is 2.76. The highest BCUT2D eigenvalue weighted by Crippen LogP contribution is 2.27. The molecule has 2 rings (SSSR count). The second-order valence-corrected chi connectivity index (χ2v) is 6.87. The zero-order chi connectivity index (χ0) is 13.8. The van der Waals surface area contributed by atoms with Crippen molar-refractivity contribution in [2.24, 2.45) is 5.92 Å². The van der Waals surface area contributed by atoms with E-state index in [0.29, 0.717) is 24.3 Å². The Morgan fingerprint density at radius 1 is 1.11 bits per heavy atom. The van der Waals surface area contributed by atoms with Crippen molar-refractivity contribution in [2.45, 2.75) is 77.7 Å². The topological polar surface area (TPSA) is 24.5 Å². The summed E-state index contributed by atoms with van der Waals surface area (Å²) in [6.07, 6.45) is 5.93. The molecule has 0 aromatic rings. The summed E-state index contributed by atoms with van der Waals surface area (Å²) in [5.41, 5.74) is 0. The van der Waals surface area contributed by atoms with Crippen molar-refractivity contribution in [1.29, 1.82) is 0 Å². The first kappa shape index (κ1) is 15.3. The Kier molecular flexibility index (Phi) is 5.67. The van der Waals surface area contributed by atoms with Crippen molar-refractivity contribution in [3.05, 3.63) is 0 Å². The molecule has 0 spiro atoms. The van der Waals surface area contributed by atoms with Crippen molar-refractivity contribution >= 4 is 0 Å². The van der Waals surface area contributed by atoms with Crippen molar-refractivity contribution in [1.82, 2.24) is 10.2 Å². The van der Waals surface area contributed by atoms with E-state index >= 15 is 0 Å². The minimum absolute atomic E-state index is 0.419.